The van der Waals surface area contributed by atoms with Crippen molar-refractivity contribution in [2.75, 3.05) is 52.4 Å². The third-order valence-corrected chi connectivity index (χ3v) is 5.78. The molecule has 146 valence electrons. The Hall–Kier alpha value is -0.0800. The summed E-state index contributed by atoms with van der Waals surface area (Å²) in [6.07, 6.45) is 5.84. The van der Waals surface area contributed by atoms with E-state index in [0.717, 1.165) is 51.8 Å². The Morgan fingerprint density at radius 2 is 2.08 bits per heavy atom. The molecule has 2 aliphatic heterocycles. The van der Waals surface area contributed by atoms with Gasteiger partial charge < -0.3 is 15.0 Å². The molecule has 3 fully saturated rings. The van der Waals surface area contributed by atoms with Gasteiger partial charge in [0, 0.05) is 39.3 Å². The van der Waals surface area contributed by atoms with Gasteiger partial charge in [-0.15, -0.1) is 24.0 Å². The third-order valence-electron chi connectivity index (χ3n) is 5.78. The van der Waals surface area contributed by atoms with E-state index in [4.69, 9.17) is 9.73 Å². The number of rotatable bonds is 5. The Labute approximate surface area is 171 Å². The molecule has 0 aromatic rings. The Kier molecular flexibility index (Phi) is 8.27. The number of guanidine groups is 1. The van der Waals surface area contributed by atoms with Crippen molar-refractivity contribution in [3.63, 3.8) is 0 Å². The summed E-state index contributed by atoms with van der Waals surface area (Å²) >= 11 is 0. The monoisotopic (exact) mass is 464 g/mol. The highest BCUT2D eigenvalue weighted by Crippen LogP contribution is 2.47. The van der Waals surface area contributed by atoms with Gasteiger partial charge in [-0.1, -0.05) is 20.3 Å². The molecule has 3 aliphatic rings. The number of halogens is 1. The molecule has 2 saturated heterocycles. The van der Waals surface area contributed by atoms with Crippen molar-refractivity contribution in [1.82, 2.24) is 15.1 Å². The Balaban J connectivity index is 0.00000225. The van der Waals surface area contributed by atoms with E-state index in [-0.39, 0.29) is 30.1 Å². The zero-order valence-electron chi connectivity index (χ0n) is 16.3. The first-order chi connectivity index (χ1) is 11.6. The van der Waals surface area contributed by atoms with Gasteiger partial charge in [-0.3, -0.25) is 9.89 Å². The lowest BCUT2D eigenvalue weighted by atomic mass is 9.68. The molecule has 0 amide bonds. The van der Waals surface area contributed by atoms with Gasteiger partial charge in [-0.25, -0.2) is 0 Å². The molecular weight excluding hydrogens is 427 g/mol. The van der Waals surface area contributed by atoms with Gasteiger partial charge in [0.2, 0.25) is 0 Å². The lowest BCUT2D eigenvalue weighted by Gasteiger charge is -2.38. The topological polar surface area (TPSA) is 40.1 Å². The van der Waals surface area contributed by atoms with Crippen LogP contribution in [0, 0.1) is 11.3 Å². The van der Waals surface area contributed by atoms with Crippen molar-refractivity contribution in [3.05, 3.63) is 0 Å². The minimum absolute atomic E-state index is 0. The molecule has 3 rings (SSSR count). The first kappa shape index (κ1) is 21.2. The second-order valence-corrected chi connectivity index (χ2v) is 8.37. The summed E-state index contributed by atoms with van der Waals surface area (Å²) in [4.78, 5) is 9.95. The van der Waals surface area contributed by atoms with Crippen molar-refractivity contribution >= 4 is 29.9 Å². The molecule has 1 N–H and O–H groups in total. The molecule has 2 heterocycles. The van der Waals surface area contributed by atoms with Gasteiger partial charge in [0.15, 0.2) is 5.96 Å². The maximum absolute atomic E-state index is 5.96. The second kappa shape index (κ2) is 9.74. The molecule has 6 heteroatoms. The summed E-state index contributed by atoms with van der Waals surface area (Å²) in [6.45, 7) is 14.9. The number of likely N-dealkylation sites (tertiary alicyclic amines) is 1. The second-order valence-electron chi connectivity index (χ2n) is 8.37. The number of morpholine rings is 1. The van der Waals surface area contributed by atoms with Crippen LogP contribution >= 0.6 is 24.0 Å². The first-order valence-electron chi connectivity index (χ1n) is 9.97. The summed E-state index contributed by atoms with van der Waals surface area (Å²) in [6, 6.07) is 0. The molecule has 1 saturated carbocycles. The van der Waals surface area contributed by atoms with E-state index < -0.39 is 0 Å². The van der Waals surface area contributed by atoms with Crippen molar-refractivity contribution in [2.45, 2.75) is 52.6 Å². The summed E-state index contributed by atoms with van der Waals surface area (Å²) < 4.78 is 5.96. The van der Waals surface area contributed by atoms with Crippen LogP contribution in [0.2, 0.25) is 0 Å². The van der Waals surface area contributed by atoms with Crippen LogP contribution in [0.3, 0.4) is 0 Å². The summed E-state index contributed by atoms with van der Waals surface area (Å²) in [7, 11) is 0. The van der Waals surface area contributed by atoms with Crippen LogP contribution in [0.5, 0.6) is 0 Å². The van der Waals surface area contributed by atoms with Crippen LogP contribution in [0.25, 0.3) is 0 Å². The quantitative estimate of drug-likeness (QED) is 0.386. The lowest BCUT2D eigenvalue weighted by molar-refractivity contribution is -0.0262. The largest absolute Gasteiger partial charge is 0.374 e. The summed E-state index contributed by atoms with van der Waals surface area (Å²) in [5, 5.41) is 3.50. The van der Waals surface area contributed by atoms with Gasteiger partial charge in [-0.2, -0.15) is 0 Å². The molecule has 1 aliphatic carbocycles. The molecule has 5 nitrogen and oxygen atoms in total. The number of hydrogen-bond donors (Lipinski definition) is 1. The number of hydrogen-bond acceptors (Lipinski definition) is 3. The van der Waals surface area contributed by atoms with Crippen LogP contribution in [-0.4, -0.2) is 74.3 Å². The zero-order valence-corrected chi connectivity index (χ0v) is 18.6. The van der Waals surface area contributed by atoms with Gasteiger partial charge in [0.1, 0.15) is 0 Å². The van der Waals surface area contributed by atoms with Gasteiger partial charge in [-0.05, 0) is 37.5 Å². The van der Waals surface area contributed by atoms with Gasteiger partial charge in [0.05, 0.1) is 19.3 Å². The van der Waals surface area contributed by atoms with E-state index >= 15 is 0 Å². The van der Waals surface area contributed by atoms with E-state index in [1.54, 1.807) is 0 Å². The minimum Gasteiger partial charge on any atom is -0.374 e. The van der Waals surface area contributed by atoms with E-state index in [9.17, 15) is 0 Å². The van der Waals surface area contributed by atoms with Crippen molar-refractivity contribution < 1.29 is 4.74 Å². The van der Waals surface area contributed by atoms with Gasteiger partial charge >= 0.3 is 0 Å². The Morgan fingerprint density at radius 1 is 1.28 bits per heavy atom. The molecule has 1 atom stereocenters. The average Bonchev–Trinajstić information content (AvgIpc) is 2.97. The van der Waals surface area contributed by atoms with Crippen LogP contribution in [0.1, 0.15) is 46.5 Å². The third kappa shape index (κ3) is 5.70. The summed E-state index contributed by atoms with van der Waals surface area (Å²) in [5.41, 5.74) is 0.617. The Bertz CT molecular complexity index is 439. The van der Waals surface area contributed by atoms with Crippen LogP contribution in [0.4, 0.5) is 0 Å². The fraction of sp³-hybridized carbons (Fsp3) is 0.947. The number of nitrogens with zero attached hydrogens (tertiary/aromatic N) is 3. The van der Waals surface area contributed by atoms with Crippen molar-refractivity contribution in [2.24, 2.45) is 16.3 Å². The highest BCUT2D eigenvalue weighted by Gasteiger charge is 2.43. The molecule has 1 unspecified atom stereocenters. The van der Waals surface area contributed by atoms with Gasteiger partial charge in [0.25, 0.3) is 0 Å². The van der Waals surface area contributed by atoms with Crippen LogP contribution in [0.15, 0.2) is 4.99 Å². The van der Waals surface area contributed by atoms with Crippen molar-refractivity contribution in [3.8, 4) is 0 Å². The average molecular weight is 464 g/mol. The standard InChI is InChI=1S/C19H36N4O.HI/c1-4-20-18(23-9-8-19(15-23)6-5-7-19)21-12-17-14-22(10-11-24-17)13-16(2)3;/h16-17H,4-15H2,1-3H3,(H,20,21);1H. The van der Waals surface area contributed by atoms with Crippen LogP contribution < -0.4 is 5.32 Å². The number of ether oxygens (including phenoxy) is 1. The molecular formula is C19H37IN4O. The maximum Gasteiger partial charge on any atom is 0.194 e. The molecule has 0 radical (unpaired) electrons. The van der Waals surface area contributed by atoms with E-state index in [2.05, 4.69) is 35.9 Å². The maximum atomic E-state index is 5.96. The summed E-state index contributed by atoms with van der Waals surface area (Å²) in [5.74, 6) is 1.82. The SMILES string of the molecule is CCNC(=NCC1CN(CC(C)C)CCO1)N1CCC2(CCC2)C1.I. The molecule has 0 aromatic heterocycles. The number of aliphatic imine (C=N–C) groups is 1. The van der Waals surface area contributed by atoms with E-state index in [1.165, 1.54) is 32.2 Å². The van der Waals surface area contributed by atoms with Crippen LogP contribution in [-0.2, 0) is 4.74 Å². The van der Waals surface area contributed by atoms with E-state index in [0.29, 0.717) is 11.3 Å². The molecule has 0 aromatic carbocycles. The fourth-order valence-corrected chi connectivity index (χ4v) is 4.39. The fourth-order valence-electron chi connectivity index (χ4n) is 4.39. The minimum atomic E-state index is 0. The lowest BCUT2D eigenvalue weighted by Crippen LogP contribution is -2.46. The Morgan fingerprint density at radius 3 is 2.68 bits per heavy atom. The molecule has 0 bridgehead atoms. The smallest absolute Gasteiger partial charge is 0.194 e. The molecule has 25 heavy (non-hydrogen) atoms. The predicted molar refractivity (Wildman–Crippen MR) is 115 cm³/mol. The number of nitrogens with one attached hydrogen (secondary N) is 1. The first-order valence-corrected chi connectivity index (χ1v) is 9.97. The normalized spacial score (nSPS) is 26.6. The molecule has 1 spiro atoms. The van der Waals surface area contributed by atoms with E-state index in [1.807, 2.05) is 0 Å². The predicted octanol–water partition coefficient (Wildman–Crippen LogP) is 2.80. The highest BCUT2D eigenvalue weighted by atomic mass is 127. The van der Waals surface area contributed by atoms with Crippen molar-refractivity contribution in [1.29, 1.82) is 0 Å². The zero-order chi connectivity index (χ0) is 17.0. The highest BCUT2D eigenvalue weighted by molar-refractivity contribution is 14.0.